The van der Waals surface area contributed by atoms with Crippen molar-refractivity contribution in [3.05, 3.63) is 65.4 Å². The number of nitrogens with zero attached hydrogens (tertiary/aromatic N) is 2. The summed E-state index contributed by atoms with van der Waals surface area (Å²) in [6.45, 7) is 5.95. The lowest BCUT2D eigenvalue weighted by atomic mass is 9.92. The predicted octanol–water partition coefficient (Wildman–Crippen LogP) is 5.45. The van der Waals surface area contributed by atoms with Crippen molar-refractivity contribution in [1.82, 2.24) is 10.3 Å². The summed E-state index contributed by atoms with van der Waals surface area (Å²) >= 11 is 0. The number of hydrogen-bond donors (Lipinski definition) is 1. The molecule has 0 radical (unpaired) electrons. The van der Waals surface area contributed by atoms with Crippen LogP contribution >= 0.6 is 0 Å². The molecule has 2 aliphatic rings. The van der Waals surface area contributed by atoms with Crippen molar-refractivity contribution in [3.8, 4) is 17.7 Å². The van der Waals surface area contributed by atoms with Crippen LogP contribution in [0, 0.1) is 16.7 Å². The largest absolute Gasteiger partial charge is 0.490 e. The lowest BCUT2D eigenvalue weighted by Gasteiger charge is -2.24. The predicted molar refractivity (Wildman–Crippen MR) is 130 cm³/mol. The number of hydrogen-bond acceptors (Lipinski definition) is 5. The number of nitriles is 1. The Kier molecular flexibility index (Phi) is 7.21. The molecule has 1 aromatic heterocycles. The Morgan fingerprint density at radius 1 is 1.24 bits per heavy atom. The molecule has 6 heteroatoms. The molecule has 2 aliphatic carbocycles. The van der Waals surface area contributed by atoms with Gasteiger partial charge in [-0.1, -0.05) is 23.8 Å². The van der Waals surface area contributed by atoms with Crippen LogP contribution < -0.4 is 14.8 Å². The van der Waals surface area contributed by atoms with Crippen LogP contribution in [0.3, 0.4) is 0 Å². The molecule has 1 aromatic carbocycles. The standard InChI is InChI=1S/C28H33N3O3/c1-19(2)33-26-17-22(12-15-30-26)16-21-4-8-24(9-5-21)34-25-10-6-23(7-11-25)20(3)31-27(32)28(18-29)13-14-28/h4,6-7,10-12,15,17,19-20,24H,5,8-9,13-14,16H2,1-3H3,(H,31,32). The fourth-order valence-electron chi connectivity index (χ4n) is 4.22. The number of nitrogens with one attached hydrogen (secondary N) is 1. The summed E-state index contributed by atoms with van der Waals surface area (Å²) in [4.78, 5) is 16.6. The van der Waals surface area contributed by atoms with Crippen molar-refractivity contribution < 1.29 is 14.3 Å². The second kappa shape index (κ2) is 10.3. The van der Waals surface area contributed by atoms with Gasteiger partial charge in [0.1, 0.15) is 17.3 Å². The first-order chi connectivity index (χ1) is 16.4. The molecule has 2 aromatic rings. The molecule has 2 atom stereocenters. The lowest BCUT2D eigenvalue weighted by Crippen LogP contribution is -2.33. The van der Waals surface area contributed by atoms with Gasteiger partial charge >= 0.3 is 0 Å². The number of rotatable bonds is 9. The minimum absolute atomic E-state index is 0.115. The molecule has 1 saturated carbocycles. The van der Waals surface area contributed by atoms with Gasteiger partial charge in [0.15, 0.2) is 0 Å². The third-order valence-corrected chi connectivity index (χ3v) is 6.47. The van der Waals surface area contributed by atoms with Crippen molar-refractivity contribution >= 4 is 5.91 Å². The van der Waals surface area contributed by atoms with Crippen LogP contribution in [0.1, 0.15) is 70.0 Å². The van der Waals surface area contributed by atoms with Gasteiger partial charge < -0.3 is 14.8 Å². The summed E-state index contributed by atoms with van der Waals surface area (Å²) in [7, 11) is 0. The molecule has 2 unspecified atom stereocenters. The van der Waals surface area contributed by atoms with Gasteiger partial charge in [-0.2, -0.15) is 5.26 Å². The molecule has 178 valence electrons. The van der Waals surface area contributed by atoms with E-state index in [1.165, 1.54) is 11.1 Å². The van der Waals surface area contributed by atoms with Gasteiger partial charge in [0.25, 0.3) is 0 Å². The van der Waals surface area contributed by atoms with Crippen molar-refractivity contribution in [3.63, 3.8) is 0 Å². The Labute approximate surface area is 202 Å². The van der Waals surface area contributed by atoms with E-state index >= 15 is 0 Å². The van der Waals surface area contributed by atoms with E-state index in [4.69, 9.17) is 9.47 Å². The van der Waals surface area contributed by atoms with Gasteiger partial charge in [-0.15, -0.1) is 0 Å². The third-order valence-electron chi connectivity index (χ3n) is 6.47. The first kappa shape index (κ1) is 23.8. The zero-order chi connectivity index (χ0) is 24.1. The van der Waals surface area contributed by atoms with Crippen LogP contribution in [0.25, 0.3) is 0 Å². The van der Waals surface area contributed by atoms with Crippen LogP contribution in [0.5, 0.6) is 11.6 Å². The highest BCUT2D eigenvalue weighted by atomic mass is 16.5. The smallest absolute Gasteiger partial charge is 0.240 e. The van der Waals surface area contributed by atoms with Crippen molar-refractivity contribution in [2.45, 2.75) is 77.5 Å². The first-order valence-electron chi connectivity index (χ1n) is 12.2. The second-order valence-electron chi connectivity index (χ2n) is 9.68. The Balaban J connectivity index is 1.27. The number of pyridine rings is 1. The molecule has 1 fully saturated rings. The number of allylic oxidation sites excluding steroid dienone is 1. The van der Waals surface area contributed by atoms with Crippen molar-refractivity contribution in [1.29, 1.82) is 5.26 Å². The van der Waals surface area contributed by atoms with E-state index in [1.54, 1.807) is 0 Å². The van der Waals surface area contributed by atoms with E-state index in [9.17, 15) is 10.1 Å². The molecular weight excluding hydrogens is 426 g/mol. The van der Waals surface area contributed by atoms with Gasteiger partial charge in [0.2, 0.25) is 11.8 Å². The number of ether oxygens (including phenoxy) is 2. The van der Waals surface area contributed by atoms with Gasteiger partial charge in [-0.3, -0.25) is 4.79 Å². The van der Waals surface area contributed by atoms with Crippen LogP contribution in [-0.2, 0) is 11.2 Å². The lowest BCUT2D eigenvalue weighted by molar-refractivity contribution is -0.125. The van der Waals surface area contributed by atoms with Crippen LogP contribution in [-0.4, -0.2) is 23.1 Å². The molecule has 1 amide bonds. The number of amides is 1. The van der Waals surface area contributed by atoms with E-state index in [1.807, 2.05) is 63.4 Å². The highest BCUT2D eigenvalue weighted by Crippen LogP contribution is 2.45. The monoisotopic (exact) mass is 459 g/mol. The van der Waals surface area contributed by atoms with Crippen molar-refractivity contribution in [2.75, 3.05) is 0 Å². The summed E-state index contributed by atoms with van der Waals surface area (Å²) in [6, 6.07) is 14.0. The maximum atomic E-state index is 12.3. The summed E-state index contributed by atoms with van der Waals surface area (Å²) < 4.78 is 11.9. The van der Waals surface area contributed by atoms with E-state index in [-0.39, 0.29) is 24.2 Å². The Morgan fingerprint density at radius 2 is 2.00 bits per heavy atom. The zero-order valence-electron chi connectivity index (χ0n) is 20.2. The van der Waals surface area contributed by atoms with Gasteiger partial charge in [0.05, 0.1) is 18.2 Å². The first-order valence-corrected chi connectivity index (χ1v) is 12.2. The number of benzene rings is 1. The van der Waals surface area contributed by atoms with Gasteiger partial charge in [-0.05, 0) is 82.2 Å². The highest BCUT2D eigenvalue weighted by Gasteiger charge is 2.50. The summed E-state index contributed by atoms with van der Waals surface area (Å²) in [5.74, 6) is 1.35. The van der Waals surface area contributed by atoms with E-state index in [0.29, 0.717) is 18.7 Å². The molecule has 6 nitrogen and oxygen atoms in total. The molecule has 0 saturated heterocycles. The fraction of sp³-hybridized carbons (Fsp3) is 0.464. The Hall–Kier alpha value is -3.33. The normalized spacial score (nSPS) is 19.5. The molecule has 1 heterocycles. The van der Waals surface area contributed by atoms with E-state index in [2.05, 4.69) is 22.4 Å². The zero-order valence-corrected chi connectivity index (χ0v) is 20.2. The van der Waals surface area contributed by atoms with Crippen LogP contribution in [0.2, 0.25) is 0 Å². The van der Waals surface area contributed by atoms with E-state index < -0.39 is 5.41 Å². The van der Waals surface area contributed by atoms with E-state index in [0.717, 1.165) is 37.0 Å². The molecular formula is C28H33N3O3. The average Bonchev–Trinajstić information content (AvgIpc) is 3.62. The molecule has 4 rings (SSSR count). The summed E-state index contributed by atoms with van der Waals surface area (Å²) in [5, 5.41) is 12.2. The molecule has 1 N–H and O–H groups in total. The number of aromatic nitrogens is 1. The topological polar surface area (TPSA) is 84.2 Å². The van der Waals surface area contributed by atoms with Crippen LogP contribution in [0.15, 0.2) is 54.2 Å². The van der Waals surface area contributed by atoms with Gasteiger partial charge in [-0.25, -0.2) is 4.98 Å². The number of carbonyl (C=O) groups is 1. The minimum Gasteiger partial charge on any atom is -0.490 e. The maximum Gasteiger partial charge on any atom is 0.240 e. The minimum atomic E-state index is -0.799. The average molecular weight is 460 g/mol. The maximum absolute atomic E-state index is 12.3. The molecule has 34 heavy (non-hydrogen) atoms. The summed E-state index contributed by atoms with van der Waals surface area (Å²) in [6.07, 6.45) is 9.49. The van der Waals surface area contributed by atoms with Crippen molar-refractivity contribution in [2.24, 2.45) is 5.41 Å². The van der Waals surface area contributed by atoms with Crippen LogP contribution in [0.4, 0.5) is 0 Å². The van der Waals surface area contributed by atoms with Gasteiger partial charge in [0, 0.05) is 18.7 Å². The quantitative estimate of drug-likeness (QED) is 0.504. The molecule has 0 spiro atoms. The summed E-state index contributed by atoms with van der Waals surface area (Å²) in [5.41, 5.74) is 2.84. The molecule has 0 bridgehead atoms. The second-order valence-corrected chi connectivity index (χ2v) is 9.68. The fourth-order valence-corrected chi connectivity index (χ4v) is 4.22. The third kappa shape index (κ3) is 5.96. The highest BCUT2D eigenvalue weighted by molar-refractivity contribution is 5.88. The number of carbonyl (C=O) groups excluding carboxylic acids is 1. The molecule has 0 aliphatic heterocycles. The Bertz CT molecular complexity index is 1080. The SMILES string of the molecule is CC(C)Oc1cc(CC2=CCC(Oc3ccc(C(C)NC(=O)C4(C#N)CC4)cc3)CC2)ccn1. The Morgan fingerprint density at radius 3 is 2.62 bits per heavy atom.